The molecule has 0 aliphatic rings. The van der Waals surface area contributed by atoms with E-state index < -0.39 is 6.03 Å². The maximum atomic E-state index is 10.4. The van der Waals surface area contributed by atoms with Gasteiger partial charge in [0.2, 0.25) is 0 Å². The zero-order valence-corrected chi connectivity index (χ0v) is 10.0. The molecule has 0 aromatic heterocycles. The van der Waals surface area contributed by atoms with E-state index in [4.69, 9.17) is 5.73 Å². The number of hydrogen-bond donors (Lipinski definition) is 2. The third-order valence-corrected chi connectivity index (χ3v) is 2.18. The molecule has 0 atom stereocenters. The van der Waals surface area contributed by atoms with E-state index in [9.17, 15) is 4.79 Å². The summed E-state index contributed by atoms with van der Waals surface area (Å²) in [5.41, 5.74) is 8.05. The van der Waals surface area contributed by atoms with Crippen LogP contribution in [-0.4, -0.2) is 11.7 Å². The first kappa shape index (κ1) is 13.9. The maximum absolute atomic E-state index is 10.4. The van der Waals surface area contributed by atoms with Crippen LogP contribution in [0.1, 0.15) is 52.9 Å². The first-order valence-electron chi connectivity index (χ1n) is 5.61. The lowest BCUT2D eigenvalue weighted by atomic mass is 10.0. The maximum Gasteiger partial charge on any atom is 0.332 e. The molecule has 0 saturated heterocycles. The minimum Gasteiger partial charge on any atom is -0.350 e. The lowest BCUT2D eigenvalue weighted by Gasteiger charge is -2.04. The molecule has 15 heavy (non-hydrogen) atoms. The van der Waals surface area contributed by atoms with Crippen LogP contribution in [0.5, 0.6) is 0 Å². The van der Waals surface area contributed by atoms with Crippen LogP contribution in [-0.2, 0) is 0 Å². The Bertz CT molecular complexity index is 212. The quantitative estimate of drug-likeness (QED) is 0.381. The zero-order valence-electron chi connectivity index (χ0n) is 10.0. The Morgan fingerprint density at radius 2 is 2.00 bits per heavy atom. The highest BCUT2D eigenvalue weighted by atomic mass is 16.2. The number of rotatable bonds is 7. The number of nitrogens with one attached hydrogen (secondary N) is 1. The van der Waals surface area contributed by atoms with Crippen LogP contribution >= 0.6 is 0 Å². The van der Waals surface area contributed by atoms with Gasteiger partial charge in [0.15, 0.2) is 0 Å². The van der Waals surface area contributed by atoms with Crippen molar-refractivity contribution in [3.63, 3.8) is 0 Å². The van der Waals surface area contributed by atoms with E-state index in [0.717, 1.165) is 24.5 Å². The van der Waals surface area contributed by atoms with Crippen LogP contribution in [0.4, 0.5) is 4.79 Å². The summed E-state index contributed by atoms with van der Waals surface area (Å²) >= 11 is 0. The molecule has 0 fully saturated rings. The number of carbonyl (C=O) groups is 1. The standard InChI is InChI=1S/C11H23N3O/c1-9(2)7-5-4-6-8-10(3)13-14-11(12)15/h9H,4-8H2,1-3H3,(H3,12,14,15). The number of carbonyl (C=O) groups excluding carboxylic acids is 1. The number of nitrogens with zero attached hydrogens (tertiary/aromatic N) is 1. The Morgan fingerprint density at radius 3 is 2.53 bits per heavy atom. The smallest absolute Gasteiger partial charge is 0.332 e. The third-order valence-electron chi connectivity index (χ3n) is 2.18. The summed E-state index contributed by atoms with van der Waals surface area (Å²) in [7, 11) is 0. The highest BCUT2D eigenvalue weighted by molar-refractivity contribution is 5.83. The van der Waals surface area contributed by atoms with Crippen molar-refractivity contribution in [2.75, 3.05) is 0 Å². The van der Waals surface area contributed by atoms with E-state index in [1.165, 1.54) is 19.3 Å². The molecule has 2 amide bonds. The van der Waals surface area contributed by atoms with Gasteiger partial charge in [-0.3, -0.25) is 0 Å². The third kappa shape index (κ3) is 10.9. The Hall–Kier alpha value is -1.06. The van der Waals surface area contributed by atoms with Crippen LogP contribution < -0.4 is 11.2 Å². The van der Waals surface area contributed by atoms with E-state index in [-0.39, 0.29) is 0 Å². The molecular formula is C11H23N3O. The average molecular weight is 213 g/mol. The van der Waals surface area contributed by atoms with Crippen molar-refractivity contribution >= 4 is 11.7 Å². The van der Waals surface area contributed by atoms with Crippen LogP contribution in [0.15, 0.2) is 5.10 Å². The van der Waals surface area contributed by atoms with Gasteiger partial charge < -0.3 is 5.73 Å². The molecule has 0 aliphatic heterocycles. The molecular weight excluding hydrogens is 190 g/mol. The molecule has 0 unspecified atom stereocenters. The Balaban J connectivity index is 3.42. The molecule has 0 aliphatic carbocycles. The molecule has 0 saturated carbocycles. The van der Waals surface area contributed by atoms with E-state index in [1.807, 2.05) is 6.92 Å². The van der Waals surface area contributed by atoms with Gasteiger partial charge in [0.25, 0.3) is 0 Å². The van der Waals surface area contributed by atoms with E-state index >= 15 is 0 Å². The summed E-state index contributed by atoms with van der Waals surface area (Å²) in [6.07, 6.45) is 5.84. The van der Waals surface area contributed by atoms with Crippen LogP contribution in [0.25, 0.3) is 0 Å². The molecule has 0 spiro atoms. The number of nitrogens with two attached hydrogens (primary N) is 1. The fourth-order valence-electron chi connectivity index (χ4n) is 1.32. The molecule has 0 bridgehead atoms. The van der Waals surface area contributed by atoms with Gasteiger partial charge in [0.1, 0.15) is 0 Å². The van der Waals surface area contributed by atoms with Crippen molar-refractivity contribution in [2.45, 2.75) is 52.9 Å². The molecule has 3 N–H and O–H groups in total. The summed E-state index contributed by atoms with van der Waals surface area (Å²) in [4.78, 5) is 10.4. The SMILES string of the molecule is CC(CCCCCC(C)C)=NNC(N)=O. The lowest BCUT2D eigenvalue weighted by Crippen LogP contribution is -2.25. The van der Waals surface area contributed by atoms with Crippen molar-refractivity contribution in [1.82, 2.24) is 5.43 Å². The van der Waals surface area contributed by atoms with Gasteiger partial charge in [0, 0.05) is 5.71 Å². The largest absolute Gasteiger partial charge is 0.350 e. The molecule has 88 valence electrons. The van der Waals surface area contributed by atoms with Crippen LogP contribution in [0.2, 0.25) is 0 Å². The highest BCUT2D eigenvalue weighted by Crippen LogP contribution is 2.09. The van der Waals surface area contributed by atoms with Gasteiger partial charge in [-0.1, -0.05) is 33.1 Å². The first-order valence-corrected chi connectivity index (χ1v) is 5.61. The summed E-state index contributed by atoms with van der Waals surface area (Å²) in [5, 5.41) is 3.85. The fourth-order valence-corrected chi connectivity index (χ4v) is 1.32. The van der Waals surface area contributed by atoms with Crippen molar-refractivity contribution in [1.29, 1.82) is 0 Å². The van der Waals surface area contributed by atoms with Gasteiger partial charge in [0.05, 0.1) is 0 Å². The molecule has 0 aromatic rings. The summed E-state index contributed by atoms with van der Waals surface area (Å²) in [5.74, 6) is 0.788. The number of unbranched alkanes of at least 4 members (excludes halogenated alkanes) is 2. The first-order chi connectivity index (χ1) is 7.02. The van der Waals surface area contributed by atoms with Gasteiger partial charge in [-0.05, 0) is 25.7 Å². The van der Waals surface area contributed by atoms with E-state index in [1.54, 1.807) is 0 Å². The highest BCUT2D eigenvalue weighted by Gasteiger charge is 1.96. The predicted molar refractivity (Wildman–Crippen MR) is 63.8 cm³/mol. The van der Waals surface area contributed by atoms with E-state index in [0.29, 0.717) is 0 Å². The Morgan fingerprint density at radius 1 is 1.33 bits per heavy atom. The minimum absolute atomic E-state index is 0.603. The minimum atomic E-state index is -0.603. The van der Waals surface area contributed by atoms with Gasteiger partial charge >= 0.3 is 6.03 Å². The second kappa shape index (κ2) is 8.26. The predicted octanol–water partition coefficient (Wildman–Crippen LogP) is 2.64. The molecule has 4 nitrogen and oxygen atoms in total. The normalized spacial score (nSPS) is 11.9. The molecule has 0 heterocycles. The van der Waals surface area contributed by atoms with Crippen LogP contribution in [0.3, 0.4) is 0 Å². The number of hydrazone groups is 1. The Labute approximate surface area is 92.3 Å². The average Bonchev–Trinajstić information content (AvgIpc) is 2.13. The summed E-state index contributed by atoms with van der Waals surface area (Å²) in [6.45, 7) is 6.38. The Kier molecular flexibility index (Phi) is 7.68. The fraction of sp³-hybridized carbons (Fsp3) is 0.818. The second-order valence-electron chi connectivity index (χ2n) is 4.32. The topological polar surface area (TPSA) is 67.5 Å². The van der Waals surface area contributed by atoms with Crippen molar-refractivity contribution < 1.29 is 4.79 Å². The monoisotopic (exact) mass is 213 g/mol. The summed E-state index contributed by atoms with van der Waals surface area (Å²) in [6, 6.07) is -0.603. The van der Waals surface area contributed by atoms with Crippen molar-refractivity contribution in [3.8, 4) is 0 Å². The number of primary amides is 1. The zero-order chi connectivity index (χ0) is 11.7. The molecule has 0 aromatic carbocycles. The van der Waals surface area contributed by atoms with Gasteiger partial charge in [-0.25, -0.2) is 10.2 Å². The molecule has 0 radical (unpaired) electrons. The van der Waals surface area contributed by atoms with Crippen molar-refractivity contribution in [3.05, 3.63) is 0 Å². The molecule has 0 rings (SSSR count). The van der Waals surface area contributed by atoms with Crippen LogP contribution in [0, 0.1) is 5.92 Å². The lowest BCUT2D eigenvalue weighted by molar-refractivity contribution is 0.249. The number of hydrogen-bond acceptors (Lipinski definition) is 2. The summed E-state index contributed by atoms with van der Waals surface area (Å²) < 4.78 is 0. The second-order valence-corrected chi connectivity index (χ2v) is 4.32. The van der Waals surface area contributed by atoms with Crippen molar-refractivity contribution in [2.24, 2.45) is 16.8 Å². The number of urea groups is 1. The van der Waals surface area contributed by atoms with Gasteiger partial charge in [-0.2, -0.15) is 5.10 Å². The van der Waals surface area contributed by atoms with E-state index in [2.05, 4.69) is 24.4 Å². The molecule has 4 heteroatoms. The number of amides is 2. The van der Waals surface area contributed by atoms with Gasteiger partial charge in [-0.15, -0.1) is 0 Å².